The van der Waals surface area contributed by atoms with Crippen molar-refractivity contribution in [2.24, 2.45) is 0 Å². The molecular weight excluding hydrogens is 198 g/mol. The highest BCUT2D eigenvalue weighted by molar-refractivity contribution is 7.98. The number of nitrogens with zero attached hydrogens (tertiary/aromatic N) is 1. The van der Waals surface area contributed by atoms with Crippen molar-refractivity contribution in [1.82, 2.24) is 4.90 Å². The van der Waals surface area contributed by atoms with Gasteiger partial charge in [0.25, 0.3) is 0 Å². The number of carboxylic acid groups (broad SMARTS) is 1. The zero-order valence-corrected chi connectivity index (χ0v) is 10.1. The zero-order chi connectivity index (χ0) is 11.0. The van der Waals surface area contributed by atoms with Crippen molar-refractivity contribution >= 4 is 17.7 Å². The molecule has 0 aromatic rings. The van der Waals surface area contributed by atoms with Crippen LogP contribution in [0.25, 0.3) is 0 Å². The average molecular weight is 219 g/mol. The van der Waals surface area contributed by atoms with Crippen LogP contribution < -0.4 is 0 Å². The van der Waals surface area contributed by atoms with Crippen molar-refractivity contribution in [3.63, 3.8) is 0 Å². The Balaban J connectivity index is 3.67. The maximum Gasteiger partial charge on any atom is 0.303 e. The fraction of sp³-hybridized carbons (Fsp3) is 0.900. The minimum absolute atomic E-state index is 0.280. The molecule has 0 bridgehead atoms. The molecule has 0 atom stereocenters. The van der Waals surface area contributed by atoms with E-state index in [1.54, 1.807) is 0 Å². The Labute approximate surface area is 90.9 Å². The molecule has 0 aromatic heterocycles. The lowest BCUT2D eigenvalue weighted by Gasteiger charge is -2.25. The second-order valence-electron chi connectivity index (χ2n) is 3.62. The van der Waals surface area contributed by atoms with E-state index in [1.165, 1.54) is 0 Å². The summed E-state index contributed by atoms with van der Waals surface area (Å²) in [5.41, 5.74) is 0. The molecule has 0 aliphatic carbocycles. The van der Waals surface area contributed by atoms with E-state index in [0.717, 1.165) is 25.3 Å². The smallest absolute Gasteiger partial charge is 0.303 e. The maximum absolute atomic E-state index is 10.3. The summed E-state index contributed by atoms with van der Waals surface area (Å²) in [6, 6.07) is 0.510. The van der Waals surface area contributed by atoms with Crippen molar-refractivity contribution in [3.8, 4) is 0 Å². The fourth-order valence-electron chi connectivity index (χ4n) is 1.27. The Morgan fingerprint density at radius 1 is 1.43 bits per heavy atom. The second kappa shape index (κ2) is 8.12. The number of carboxylic acids is 1. The largest absolute Gasteiger partial charge is 0.481 e. The SMILES string of the molecule is CSCCN(CCCC(=O)O)C(C)C. The van der Waals surface area contributed by atoms with Crippen LogP contribution in [0.2, 0.25) is 0 Å². The molecule has 0 aromatic carbocycles. The van der Waals surface area contributed by atoms with E-state index in [2.05, 4.69) is 25.0 Å². The molecule has 0 unspecified atom stereocenters. The Morgan fingerprint density at radius 2 is 2.07 bits per heavy atom. The summed E-state index contributed by atoms with van der Waals surface area (Å²) < 4.78 is 0. The number of rotatable bonds is 8. The number of aliphatic carboxylic acids is 1. The lowest BCUT2D eigenvalue weighted by Crippen LogP contribution is -2.34. The molecule has 0 fully saturated rings. The summed E-state index contributed by atoms with van der Waals surface area (Å²) in [6.45, 7) is 6.26. The van der Waals surface area contributed by atoms with Gasteiger partial charge in [0.1, 0.15) is 0 Å². The van der Waals surface area contributed by atoms with Gasteiger partial charge in [-0.1, -0.05) is 0 Å². The van der Waals surface area contributed by atoms with Gasteiger partial charge in [-0.2, -0.15) is 11.8 Å². The molecule has 84 valence electrons. The molecule has 0 spiro atoms. The molecule has 0 aliphatic heterocycles. The van der Waals surface area contributed by atoms with Crippen LogP contribution in [-0.4, -0.2) is 47.1 Å². The van der Waals surface area contributed by atoms with Gasteiger partial charge in [-0.15, -0.1) is 0 Å². The van der Waals surface area contributed by atoms with E-state index in [0.29, 0.717) is 6.04 Å². The van der Waals surface area contributed by atoms with E-state index in [9.17, 15) is 4.79 Å². The van der Waals surface area contributed by atoms with Crippen molar-refractivity contribution in [2.45, 2.75) is 32.7 Å². The number of carbonyl (C=O) groups is 1. The van der Waals surface area contributed by atoms with Gasteiger partial charge in [-0.05, 0) is 33.1 Å². The van der Waals surface area contributed by atoms with Gasteiger partial charge in [0.05, 0.1) is 0 Å². The van der Waals surface area contributed by atoms with Crippen LogP contribution in [0.3, 0.4) is 0 Å². The molecule has 14 heavy (non-hydrogen) atoms. The van der Waals surface area contributed by atoms with Gasteiger partial charge >= 0.3 is 5.97 Å². The van der Waals surface area contributed by atoms with Crippen LogP contribution in [0.4, 0.5) is 0 Å². The Morgan fingerprint density at radius 3 is 2.50 bits per heavy atom. The van der Waals surface area contributed by atoms with Crippen LogP contribution in [-0.2, 0) is 4.79 Å². The first kappa shape index (κ1) is 13.8. The standard InChI is InChI=1S/C10H21NO2S/c1-9(2)11(7-8-14-3)6-4-5-10(12)13/h9H,4-8H2,1-3H3,(H,12,13). The van der Waals surface area contributed by atoms with E-state index >= 15 is 0 Å². The topological polar surface area (TPSA) is 40.5 Å². The minimum atomic E-state index is -0.696. The molecule has 0 saturated heterocycles. The monoisotopic (exact) mass is 219 g/mol. The number of hydrogen-bond donors (Lipinski definition) is 1. The lowest BCUT2D eigenvalue weighted by atomic mass is 10.2. The summed E-state index contributed by atoms with van der Waals surface area (Å²) in [6.07, 6.45) is 3.13. The molecule has 0 aliphatic rings. The van der Waals surface area contributed by atoms with Gasteiger partial charge in [-0.25, -0.2) is 0 Å². The van der Waals surface area contributed by atoms with E-state index in [-0.39, 0.29) is 6.42 Å². The molecule has 1 N–H and O–H groups in total. The predicted molar refractivity (Wildman–Crippen MR) is 62.0 cm³/mol. The summed E-state index contributed by atoms with van der Waals surface area (Å²) in [4.78, 5) is 12.7. The Hall–Kier alpha value is -0.220. The molecule has 0 amide bonds. The van der Waals surface area contributed by atoms with Gasteiger partial charge in [-0.3, -0.25) is 4.79 Å². The Kier molecular flexibility index (Phi) is 7.99. The minimum Gasteiger partial charge on any atom is -0.481 e. The normalized spacial score (nSPS) is 11.2. The van der Waals surface area contributed by atoms with Crippen molar-refractivity contribution in [2.75, 3.05) is 25.1 Å². The first-order valence-electron chi connectivity index (χ1n) is 5.02. The van der Waals surface area contributed by atoms with Gasteiger partial charge in [0.15, 0.2) is 0 Å². The van der Waals surface area contributed by atoms with Crippen LogP contribution in [0.5, 0.6) is 0 Å². The van der Waals surface area contributed by atoms with Crippen molar-refractivity contribution in [1.29, 1.82) is 0 Å². The number of hydrogen-bond acceptors (Lipinski definition) is 3. The molecular formula is C10H21NO2S. The van der Waals surface area contributed by atoms with E-state index < -0.39 is 5.97 Å². The summed E-state index contributed by atoms with van der Waals surface area (Å²) >= 11 is 1.83. The van der Waals surface area contributed by atoms with Gasteiger partial charge in [0, 0.05) is 24.8 Å². The van der Waals surface area contributed by atoms with Gasteiger partial charge in [0.2, 0.25) is 0 Å². The third-order valence-electron chi connectivity index (χ3n) is 2.15. The second-order valence-corrected chi connectivity index (χ2v) is 4.61. The van der Waals surface area contributed by atoms with E-state index in [4.69, 9.17) is 5.11 Å². The maximum atomic E-state index is 10.3. The molecule has 4 heteroatoms. The quantitative estimate of drug-likeness (QED) is 0.677. The molecule has 0 rings (SSSR count). The Bertz CT molecular complexity index is 162. The number of thioether (sulfide) groups is 1. The first-order chi connectivity index (χ1) is 6.57. The zero-order valence-electron chi connectivity index (χ0n) is 9.32. The van der Waals surface area contributed by atoms with E-state index in [1.807, 2.05) is 11.8 Å². The summed E-state index contributed by atoms with van der Waals surface area (Å²) in [7, 11) is 0. The van der Waals surface area contributed by atoms with Gasteiger partial charge < -0.3 is 10.0 Å². The molecule has 0 radical (unpaired) electrons. The molecule has 0 heterocycles. The summed E-state index contributed by atoms with van der Waals surface area (Å²) in [5, 5.41) is 8.52. The first-order valence-corrected chi connectivity index (χ1v) is 6.42. The highest BCUT2D eigenvalue weighted by atomic mass is 32.2. The van der Waals surface area contributed by atoms with Crippen LogP contribution in [0.15, 0.2) is 0 Å². The van der Waals surface area contributed by atoms with Crippen LogP contribution >= 0.6 is 11.8 Å². The molecule has 0 saturated carbocycles. The lowest BCUT2D eigenvalue weighted by molar-refractivity contribution is -0.137. The fourth-order valence-corrected chi connectivity index (χ4v) is 1.69. The third kappa shape index (κ3) is 7.21. The van der Waals surface area contributed by atoms with Crippen molar-refractivity contribution in [3.05, 3.63) is 0 Å². The third-order valence-corrected chi connectivity index (χ3v) is 2.74. The average Bonchev–Trinajstić information content (AvgIpc) is 2.09. The highest BCUT2D eigenvalue weighted by Crippen LogP contribution is 2.04. The van der Waals surface area contributed by atoms with Crippen LogP contribution in [0.1, 0.15) is 26.7 Å². The van der Waals surface area contributed by atoms with Crippen molar-refractivity contribution < 1.29 is 9.90 Å². The highest BCUT2D eigenvalue weighted by Gasteiger charge is 2.08. The molecule has 3 nitrogen and oxygen atoms in total. The summed E-state index contributed by atoms with van der Waals surface area (Å²) in [5.74, 6) is 0.421. The predicted octanol–water partition coefficient (Wildman–Crippen LogP) is 1.92. The van der Waals surface area contributed by atoms with Crippen LogP contribution in [0, 0.1) is 0 Å².